The molecule has 0 amide bonds. The molecule has 0 radical (unpaired) electrons. The molecule has 30 heavy (non-hydrogen) atoms. The molecule has 24 nitrogen and oxygen atoms in total. The lowest BCUT2D eigenvalue weighted by Crippen LogP contribution is -2.77. The van der Waals surface area contributed by atoms with Gasteiger partial charge in [0.15, 0.2) is 30.2 Å². The van der Waals surface area contributed by atoms with Gasteiger partial charge in [0, 0.05) is 0 Å². The van der Waals surface area contributed by atoms with Gasteiger partial charge in [-0.2, -0.15) is 0 Å². The fourth-order valence-electron chi connectivity index (χ4n) is 4.46. The van der Waals surface area contributed by atoms with E-state index in [1.807, 2.05) is 0 Å². The number of nitrogens with zero attached hydrogens (tertiary/aromatic N) is 12. The summed E-state index contributed by atoms with van der Waals surface area (Å²) < 4.78 is 0. The highest BCUT2D eigenvalue weighted by Crippen LogP contribution is 2.51. The molecule has 0 aromatic carbocycles. The van der Waals surface area contributed by atoms with Gasteiger partial charge in [0.05, 0.1) is 0 Å². The van der Waals surface area contributed by atoms with Gasteiger partial charge in [-0.15, -0.1) is 0 Å². The molecule has 0 N–H and O–H groups in total. The molecule has 0 saturated carbocycles. The first-order valence-corrected chi connectivity index (χ1v) is 7.49. The van der Waals surface area contributed by atoms with Crippen LogP contribution in [0.2, 0.25) is 0 Å². The summed E-state index contributed by atoms with van der Waals surface area (Å²) in [5.74, 6) is 0. The van der Waals surface area contributed by atoms with Crippen LogP contribution in [-0.4, -0.2) is 97.2 Å². The van der Waals surface area contributed by atoms with Gasteiger partial charge in [-0.25, -0.2) is 60.7 Å². The second-order valence-electron chi connectivity index (χ2n) is 6.19. The largest absolute Gasteiger partial charge is 0.272 e. The average molecular weight is 438 g/mol. The van der Waals surface area contributed by atoms with Crippen LogP contribution in [0.5, 0.6) is 0 Å². The second-order valence-corrected chi connectivity index (χ2v) is 6.19. The molecule has 162 valence electrons. The van der Waals surface area contributed by atoms with Crippen LogP contribution in [0.1, 0.15) is 0 Å². The van der Waals surface area contributed by atoms with Gasteiger partial charge in [-0.3, -0.25) is 0 Å². The molecular formula is C6H6N12O12. The van der Waals surface area contributed by atoms with Crippen LogP contribution < -0.4 is 0 Å². The van der Waals surface area contributed by atoms with Crippen molar-refractivity contribution in [1.82, 2.24) is 30.1 Å². The van der Waals surface area contributed by atoms with Crippen LogP contribution in [0, 0.1) is 60.7 Å². The Morgan fingerprint density at radius 2 is 0.433 bits per heavy atom. The van der Waals surface area contributed by atoms with Crippen molar-refractivity contribution in [1.29, 1.82) is 0 Å². The molecule has 0 aromatic rings. The number of rotatable bonds is 6. The lowest BCUT2D eigenvalue weighted by atomic mass is 10.2. The summed E-state index contributed by atoms with van der Waals surface area (Å²) in [4.78, 5) is 69.9. The zero-order valence-electron chi connectivity index (χ0n) is 13.7. The van der Waals surface area contributed by atoms with Gasteiger partial charge < -0.3 is 0 Å². The molecule has 5 rings (SSSR count). The summed E-state index contributed by atoms with van der Waals surface area (Å²) in [6.45, 7) is 0. The topological polar surface area (TPSA) is 278 Å². The molecule has 5 saturated heterocycles. The van der Waals surface area contributed by atoms with Crippen molar-refractivity contribution >= 4 is 0 Å². The Bertz CT molecular complexity index is 782. The van der Waals surface area contributed by atoms with E-state index in [0.717, 1.165) is 0 Å². The molecular weight excluding hydrogens is 432 g/mol. The van der Waals surface area contributed by atoms with E-state index in [1.165, 1.54) is 0 Å². The summed E-state index contributed by atoms with van der Waals surface area (Å²) in [6, 6.07) is 0. The van der Waals surface area contributed by atoms with E-state index in [0.29, 0.717) is 0 Å². The molecule has 0 spiro atoms. The van der Waals surface area contributed by atoms with Crippen molar-refractivity contribution in [2.24, 2.45) is 0 Å². The number of hydrazine groups is 6. The summed E-state index contributed by atoms with van der Waals surface area (Å²) >= 11 is 0. The minimum absolute atomic E-state index is 0.180. The first-order chi connectivity index (χ1) is 13.9. The Morgan fingerprint density at radius 1 is 0.333 bits per heavy atom. The number of hydrogen-bond donors (Lipinski definition) is 0. The Balaban J connectivity index is 2.12. The molecule has 5 fully saturated rings. The van der Waals surface area contributed by atoms with Crippen LogP contribution in [0.4, 0.5) is 0 Å². The van der Waals surface area contributed by atoms with Crippen molar-refractivity contribution in [2.75, 3.05) is 0 Å². The third-order valence-electron chi connectivity index (χ3n) is 5.18. The quantitative estimate of drug-likeness (QED) is 0.281. The molecule has 24 heteroatoms. The predicted octanol–water partition coefficient (Wildman–Crippen LogP) is -4.04. The SMILES string of the molecule is O=[N+]([O-])N1C2C3N([N+](=O)[O-])[C@H]4[C@H](N([N+](=O)[O-])C(C1N4[N+](=O)[O-])N2[N+](=O)[O-])N3[N+](=O)[O-]. The smallest absolute Gasteiger partial charge is 0.235 e. The third kappa shape index (κ3) is 1.82. The summed E-state index contributed by atoms with van der Waals surface area (Å²) in [5, 5.41) is 60.5. The molecule has 0 atom stereocenters. The predicted molar refractivity (Wildman–Crippen MR) is 75.7 cm³/mol. The Labute approximate surface area is 159 Å². The van der Waals surface area contributed by atoms with Gasteiger partial charge in [-0.1, -0.05) is 30.1 Å². The monoisotopic (exact) mass is 438 g/mol. The molecule has 5 aliphatic rings. The summed E-state index contributed by atoms with van der Waals surface area (Å²) in [5.41, 5.74) is 0. The normalized spacial score (nSPS) is 33.2. The van der Waals surface area contributed by atoms with E-state index in [1.54, 1.807) is 0 Å². The maximum Gasteiger partial charge on any atom is 0.272 e. The molecule has 0 aliphatic carbocycles. The highest BCUT2D eigenvalue weighted by molar-refractivity contribution is 5.09. The molecule has 5 heterocycles. The van der Waals surface area contributed by atoms with Crippen molar-refractivity contribution < 1.29 is 30.2 Å². The number of nitro groups is 6. The molecule has 6 bridgehead atoms. The number of hydrogen-bond acceptors (Lipinski definition) is 12. The number of piperazine rings is 1. The highest BCUT2D eigenvalue weighted by Gasteiger charge is 2.89. The minimum Gasteiger partial charge on any atom is -0.235 e. The van der Waals surface area contributed by atoms with Crippen molar-refractivity contribution in [3.05, 3.63) is 60.7 Å². The van der Waals surface area contributed by atoms with Crippen LogP contribution >= 0.6 is 0 Å². The fourth-order valence-corrected chi connectivity index (χ4v) is 4.46. The lowest BCUT2D eigenvalue weighted by molar-refractivity contribution is -0.792. The highest BCUT2D eigenvalue weighted by atomic mass is 16.7. The van der Waals surface area contributed by atoms with Gasteiger partial charge in [0.1, 0.15) is 0 Å². The zero-order chi connectivity index (χ0) is 22.4. The van der Waals surface area contributed by atoms with Crippen LogP contribution in [0.3, 0.4) is 0 Å². The fraction of sp³-hybridized carbons (Fsp3) is 1.00. The van der Waals surface area contributed by atoms with Gasteiger partial charge in [0.25, 0.3) is 37.0 Å². The van der Waals surface area contributed by atoms with E-state index in [2.05, 4.69) is 0 Å². The maximum atomic E-state index is 11.7. The van der Waals surface area contributed by atoms with Crippen LogP contribution in [0.25, 0.3) is 0 Å². The minimum atomic E-state index is -2.47. The van der Waals surface area contributed by atoms with Crippen LogP contribution in [-0.2, 0) is 0 Å². The van der Waals surface area contributed by atoms with E-state index >= 15 is 0 Å². The van der Waals surface area contributed by atoms with Gasteiger partial charge in [0.2, 0.25) is 0 Å². The molecule has 0 unspecified atom stereocenters. The summed E-state index contributed by atoms with van der Waals surface area (Å²) in [7, 11) is 0. The standard InChI is InChI=1S/C6H6N12O12/c19-13(20)7-1-2-8(14(21)22)5(7)6-9(15(23)24)3(11(1)17(27)28)4(10(6)16(25)26)12(2)18(29)30/h1-6H/t1-,2+,3?,4?,5?,6?. The van der Waals surface area contributed by atoms with E-state index in [9.17, 15) is 60.7 Å². The first-order valence-electron chi connectivity index (χ1n) is 7.49. The van der Waals surface area contributed by atoms with Gasteiger partial charge in [-0.05, 0) is 0 Å². The van der Waals surface area contributed by atoms with Crippen molar-refractivity contribution in [2.45, 2.75) is 37.0 Å². The van der Waals surface area contributed by atoms with E-state index < -0.39 is 67.2 Å². The zero-order valence-corrected chi connectivity index (χ0v) is 13.7. The average Bonchev–Trinajstić information content (AvgIpc) is 3.03. The third-order valence-corrected chi connectivity index (χ3v) is 5.18. The summed E-state index contributed by atoms with van der Waals surface area (Å²) in [6.07, 6.45) is -14.4. The Morgan fingerprint density at radius 3 is 0.500 bits per heavy atom. The Kier molecular flexibility index (Phi) is 3.33. The van der Waals surface area contributed by atoms with Crippen LogP contribution in [0.15, 0.2) is 0 Å². The molecule has 5 aliphatic heterocycles. The van der Waals surface area contributed by atoms with E-state index in [-0.39, 0.29) is 30.1 Å². The maximum absolute atomic E-state index is 11.7. The lowest BCUT2D eigenvalue weighted by Gasteiger charge is -2.39. The van der Waals surface area contributed by atoms with E-state index in [4.69, 9.17) is 0 Å². The van der Waals surface area contributed by atoms with Crippen molar-refractivity contribution in [3.8, 4) is 0 Å². The second kappa shape index (κ2) is 5.38. The molecule has 0 aromatic heterocycles. The first kappa shape index (κ1) is 18.6. The van der Waals surface area contributed by atoms with Gasteiger partial charge >= 0.3 is 0 Å². The Hall–Kier alpha value is -4.80. The van der Waals surface area contributed by atoms with Crippen molar-refractivity contribution in [3.63, 3.8) is 0 Å².